The summed E-state index contributed by atoms with van der Waals surface area (Å²) in [5.41, 5.74) is 1.51. The summed E-state index contributed by atoms with van der Waals surface area (Å²) in [5, 5.41) is 18.2. The second-order valence-corrected chi connectivity index (χ2v) is 4.19. The monoisotopic (exact) mass is 252 g/mol. The number of hydrogen-bond acceptors (Lipinski definition) is 4. The summed E-state index contributed by atoms with van der Waals surface area (Å²) in [6, 6.07) is 0. The fourth-order valence-electron chi connectivity index (χ4n) is 1.75. The Labute approximate surface area is 107 Å². The van der Waals surface area contributed by atoms with E-state index in [1.807, 2.05) is 13.8 Å². The van der Waals surface area contributed by atoms with Crippen LogP contribution in [0.2, 0.25) is 0 Å². The van der Waals surface area contributed by atoms with Crippen molar-refractivity contribution in [2.75, 3.05) is 13.2 Å². The molecule has 0 aromatic carbocycles. The van der Waals surface area contributed by atoms with Crippen LogP contribution in [-0.4, -0.2) is 35.0 Å². The molecule has 0 unspecified atom stereocenters. The molecule has 1 aliphatic carbocycles. The van der Waals surface area contributed by atoms with Gasteiger partial charge in [-0.15, -0.1) is 0 Å². The number of carbonyl (C=O) groups excluding carboxylic acids is 2. The number of aliphatic hydroxyl groups excluding tert-OH is 2. The molecular weight excluding hydrogens is 232 g/mol. The van der Waals surface area contributed by atoms with E-state index in [1.54, 1.807) is 13.0 Å². The molecule has 0 aromatic heterocycles. The normalized spacial score (nSPS) is 15.8. The molecule has 1 aliphatic rings. The zero-order valence-corrected chi connectivity index (χ0v) is 10.2. The van der Waals surface area contributed by atoms with Crippen molar-refractivity contribution in [2.24, 2.45) is 0 Å². The molecule has 0 radical (unpaired) electrons. The Hall–Kier alpha value is -1.52. The van der Waals surface area contributed by atoms with E-state index in [4.69, 9.17) is 10.2 Å². The SMILES string of the molecule is C.CC(C)=CC1=C(C)C(=O)C(CO)=C(CO)C1=O. The van der Waals surface area contributed by atoms with Gasteiger partial charge in [-0.05, 0) is 20.8 Å². The molecule has 0 saturated heterocycles. The number of rotatable bonds is 3. The van der Waals surface area contributed by atoms with Gasteiger partial charge < -0.3 is 10.2 Å². The van der Waals surface area contributed by atoms with Gasteiger partial charge in [-0.25, -0.2) is 0 Å². The smallest absolute Gasteiger partial charge is 0.192 e. The molecule has 0 aromatic rings. The third kappa shape index (κ3) is 2.83. The lowest BCUT2D eigenvalue weighted by atomic mass is 9.84. The Morgan fingerprint density at radius 3 is 1.89 bits per heavy atom. The van der Waals surface area contributed by atoms with Gasteiger partial charge in [0, 0.05) is 22.3 Å². The van der Waals surface area contributed by atoms with Crippen molar-refractivity contribution in [2.45, 2.75) is 28.2 Å². The molecule has 1 rings (SSSR count). The molecule has 0 heterocycles. The highest BCUT2D eigenvalue weighted by atomic mass is 16.3. The summed E-state index contributed by atoms with van der Waals surface area (Å²) in [7, 11) is 0. The van der Waals surface area contributed by atoms with E-state index in [2.05, 4.69) is 0 Å². The minimum atomic E-state index is -0.534. The van der Waals surface area contributed by atoms with E-state index >= 15 is 0 Å². The van der Waals surface area contributed by atoms with E-state index in [9.17, 15) is 9.59 Å². The van der Waals surface area contributed by atoms with Gasteiger partial charge in [0.15, 0.2) is 11.6 Å². The van der Waals surface area contributed by atoms with Crippen LogP contribution >= 0.6 is 0 Å². The second-order valence-electron chi connectivity index (χ2n) is 4.19. The fourth-order valence-corrected chi connectivity index (χ4v) is 1.75. The molecule has 0 aliphatic heterocycles. The highest BCUT2D eigenvalue weighted by Gasteiger charge is 2.30. The van der Waals surface area contributed by atoms with E-state index in [0.29, 0.717) is 11.1 Å². The highest BCUT2D eigenvalue weighted by Crippen LogP contribution is 2.25. The third-order valence-corrected chi connectivity index (χ3v) is 2.65. The van der Waals surface area contributed by atoms with Crippen LogP contribution in [0, 0.1) is 0 Å². The summed E-state index contributed by atoms with van der Waals surface area (Å²) in [6.45, 7) is 4.14. The number of ketones is 2. The molecule has 4 heteroatoms. The Morgan fingerprint density at radius 2 is 1.50 bits per heavy atom. The largest absolute Gasteiger partial charge is 0.392 e. The molecular formula is C14H20O4. The van der Waals surface area contributed by atoms with E-state index < -0.39 is 13.2 Å². The van der Waals surface area contributed by atoms with Crippen molar-refractivity contribution in [3.63, 3.8) is 0 Å². The van der Waals surface area contributed by atoms with Crippen LogP contribution in [0.1, 0.15) is 28.2 Å². The molecule has 100 valence electrons. The van der Waals surface area contributed by atoms with Gasteiger partial charge >= 0.3 is 0 Å². The first-order valence-electron chi connectivity index (χ1n) is 5.33. The maximum absolute atomic E-state index is 12.0. The third-order valence-electron chi connectivity index (χ3n) is 2.65. The lowest BCUT2D eigenvalue weighted by Gasteiger charge is -2.18. The predicted molar refractivity (Wildman–Crippen MR) is 70.1 cm³/mol. The molecule has 18 heavy (non-hydrogen) atoms. The Morgan fingerprint density at radius 1 is 1.06 bits per heavy atom. The van der Waals surface area contributed by atoms with Crippen LogP contribution in [0.25, 0.3) is 0 Å². The Kier molecular flexibility index (Phi) is 5.88. The molecule has 4 nitrogen and oxygen atoms in total. The summed E-state index contributed by atoms with van der Waals surface area (Å²) in [4.78, 5) is 23.9. The van der Waals surface area contributed by atoms with Gasteiger partial charge in [0.1, 0.15) is 0 Å². The van der Waals surface area contributed by atoms with Crippen LogP contribution in [0.5, 0.6) is 0 Å². The number of allylic oxidation sites excluding steroid dienone is 4. The van der Waals surface area contributed by atoms with Gasteiger partial charge in [-0.3, -0.25) is 9.59 Å². The Balaban J connectivity index is 0.00000289. The number of aliphatic hydroxyl groups is 2. The summed E-state index contributed by atoms with van der Waals surface area (Å²) >= 11 is 0. The average molecular weight is 252 g/mol. The van der Waals surface area contributed by atoms with Gasteiger partial charge in [-0.1, -0.05) is 19.1 Å². The summed E-state index contributed by atoms with van der Waals surface area (Å²) in [5.74, 6) is -0.751. The van der Waals surface area contributed by atoms with Gasteiger partial charge in [0.05, 0.1) is 13.2 Å². The van der Waals surface area contributed by atoms with Crippen molar-refractivity contribution in [3.05, 3.63) is 33.9 Å². The fraction of sp³-hybridized carbons (Fsp3) is 0.429. The quantitative estimate of drug-likeness (QED) is 0.743. The van der Waals surface area contributed by atoms with E-state index in [0.717, 1.165) is 5.57 Å². The highest BCUT2D eigenvalue weighted by molar-refractivity contribution is 6.26. The zero-order valence-electron chi connectivity index (χ0n) is 10.2. The number of carbonyl (C=O) groups is 2. The first-order chi connectivity index (χ1) is 7.93. The number of hydrogen-bond donors (Lipinski definition) is 2. The maximum atomic E-state index is 12.0. The lowest BCUT2D eigenvalue weighted by Crippen LogP contribution is -2.26. The minimum absolute atomic E-state index is 0. The molecule has 0 spiro atoms. The minimum Gasteiger partial charge on any atom is -0.392 e. The van der Waals surface area contributed by atoms with Gasteiger partial charge in [0.2, 0.25) is 0 Å². The van der Waals surface area contributed by atoms with E-state index in [1.165, 1.54) is 0 Å². The van der Waals surface area contributed by atoms with Crippen molar-refractivity contribution in [1.82, 2.24) is 0 Å². The first kappa shape index (κ1) is 16.5. The van der Waals surface area contributed by atoms with Crippen LogP contribution in [-0.2, 0) is 9.59 Å². The van der Waals surface area contributed by atoms with Gasteiger partial charge in [-0.2, -0.15) is 0 Å². The van der Waals surface area contributed by atoms with Crippen LogP contribution in [0.15, 0.2) is 33.9 Å². The van der Waals surface area contributed by atoms with Crippen molar-refractivity contribution in [3.8, 4) is 0 Å². The van der Waals surface area contributed by atoms with Crippen LogP contribution < -0.4 is 0 Å². The lowest BCUT2D eigenvalue weighted by molar-refractivity contribution is -0.117. The predicted octanol–water partition coefficient (Wildman–Crippen LogP) is 1.34. The molecule has 2 N–H and O–H groups in total. The molecule has 0 fully saturated rings. The first-order valence-corrected chi connectivity index (χ1v) is 5.33. The van der Waals surface area contributed by atoms with Crippen molar-refractivity contribution in [1.29, 1.82) is 0 Å². The summed E-state index contributed by atoms with van der Waals surface area (Å²) < 4.78 is 0. The number of Topliss-reactive ketones (excluding diaryl/α,β-unsaturated/α-hetero) is 2. The van der Waals surface area contributed by atoms with Crippen molar-refractivity contribution >= 4 is 11.6 Å². The molecule has 0 amide bonds. The second kappa shape index (κ2) is 6.42. The average Bonchev–Trinajstić information content (AvgIpc) is 2.28. The van der Waals surface area contributed by atoms with Gasteiger partial charge in [0.25, 0.3) is 0 Å². The standard InChI is InChI=1S/C13H16O4.CH4/c1-7(2)4-9-8(3)12(16)10(5-14)11(6-15)13(9)17;/h4,14-15H,5-6H2,1-3H3;1H4. The molecule has 0 saturated carbocycles. The zero-order chi connectivity index (χ0) is 13.2. The molecule has 0 bridgehead atoms. The topological polar surface area (TPSA) is 74.6 Å². The Bertz CT molecular complexity index is 460. The summed E-state index contributed by atoms with van der Waals surface area (Å²) in [6.07, 6.45) is 1.62. The molecule has 0 atom stereocenters. The van der Waals surface area contributed by atoms with Crippen LogP contribution in [0.3, 0.4) is 0 Å². The van der Waals surface area contributed by atoms with E-state index in [-0.39, 0.29) is 30.1 Å². The van der Waals surface area contributed by atoms with Crippen molar-refractivity contribution < 1.29 is 19.8 Å². The van der Waals surface area contributed by atoms with Crippen LogP contribution in [0.4, 0.5) is 0 Å². The maximum Gasteiger partial charge on any atom is 0.192 e.